The molecule has 1 unspecified atom stereocenters. The second-order valence-electron chi connectivity index (χ2n) is 6.09. The van der Waals surface area contributed by atoms with E-state index in [0.29, 0.717) is 5.69 Å². The summed E-state index contributed by atoms with van der Waals surface area (Å²) < 4.78 is 0. The highest BCUT2D eigenvalue weighted by Crippen LogP contribution is 2.29. The van der Waals surface area contributed by atoms with Gasteiger partial charge in [0.05, 0.1) is 0 Å². The molecule has 0 radical (unpaired) electrons. The largest absolute Gasteiger partial charge is 0.480 e. The van der Waals surface area contributed by atoms with E-state index in [2.05, 4.69) is 15.3 Å². The van der Waals surface area contributed by atoms with Crippen molar-refractivity contribution in [2.24, 2.45) is 0 Å². The van der Waals surface area contributed by atoms with Gasteiger partial charge in [-0.05, 0) is 24.1 Å². The summed E-state index contributed by atoms with van der Waals surface area (Å²) in [5.74, 6) is -1.37. The molecule has 0 fully saturated rings. The van der Waals surface area contributed by atoms with Gasteiger partial charge in [-0.1, -0.05) is 60.7 Å². The van der Waals surface area contributed by atoms with Crippen LogP contribution in [-0.2, 0) is 4.79 Å². The Morgan fingerprint density at radius 1 is 1.04 bits per heavy atom. The van der Waals surface area contributed by atoms with Crippen molar-refractivity contribution < 1.29 is 9.90 Å². The summed E-state index contributed by atoms with van der Waals surface area (Å²) in [6.45, 7) is 1.73. The van der Waals surface area contributed by atoms with Crippen LogP contribution in [0.2, 0.25) is 0 Å². The SMILES string of the molecule is Cc1cc(C#N)nc(NC(C(=O)O)C(c2ccccc2)c2ccccc2)n1. The summed E-state index contributed by atoms with van der Waals surface area (Å²) in [6.07, 6.45) is 0. The van der Waals surface area contributed by atoms with Crippen molar-refractivity contribution in [3.63, 3.8) is 0 Å². The van der Waals surface area contributed by atoms with E-state index in [-0.39, 0.29) is 11.6 Å². The number of hydrogen-bond acceptors (Lipinski definition) is 5. The van der Waals surface area contributed by atoms with Crippen LogP contribution in [0, 0.1) is 18.3 Å². The molecule has 27 heavy (non-hydrogen) atoms. The normalized spacial score (nSPS) is 11.6. The summed E-state index contributed by atoms with van der Waals surface area (Å²) in [7, 11) is 0. The highest BCUT2D eigenvalue weighted by molar-refractivity contribution is 5.79. The predicted molar refractivity (Wildman–Crippen MR) is 101 cm³/mol. The van der Waals surface area contributed by atoms with E-state index in [1.807, 2.05) is 66.7 Å². The quantitative estimate of drug-likeness (QED) is 0.701. The molecule has 3 rings (SSSR count). The van der Waals surface area contributed by atoms with Crippen LogP contribution >= 0.6 is 0 Å². The lowest BCUT2D eigenvalue weighted by Crippen LogP contribution is -2.37. The fourth-order valence-electron chi connectivity index (χ4n) is 3.02. The average molecular weight is 358 g/mol. The van der Waals surface area contributed by atoms with Gasteiger partial charge < -0.3 is 10.4 Å². The Kier molecular flexibility index (Phi) is 5.43. The number of aliphatic carboxylic acids is 1. The van der Waals surface area contributed by atoms with Gasteiger partial charge in [-0.2, -0.15) is 5.26 Å². The molecule has 0 aliphatic carbocycles. The van der Waals surface area contributed by atoms with Crippen molar-refractivity contribution >= 4 is 11.9 Å². The molecule has 0 bridgehead atoms. The van der Waals surface area contributed by atoms with Crippen molar-refractivity contribution in [1.82, 2.24) is 9.97 Å². The minimum Gasteiger partial charge on any atom is -0.480 e. The zero-order valence-corrected chi connectivity index (χ0v) is 14.7. The van der Waals surface area contributed by atoms with Crippen LogP contribution < -0.4 is 5.32 Å². The number of nitrogens with one attached hydrogen (secondary N) is 1. The third-order valence-electron chi connectivity index (χ3n) is 4.17. The fraction of sp³-hybridized carbons (Fsp3) is 0.143. The van der Waals surface area contributed by atoms with Crippen LogP contribution in [0.5, 0.6) is 0 Å². The van der Waals surface area contributed by atoms with Crippen molar-refractivity contribution in [2.45, 2.75) is 18.9 Å². The predicted octanol–water partition coefficient (Wildman–Crippen LogP) is 3.35. The smallest absolute Gasteiger partial charge is 0.327 e. The molecule has 0 amide bonds. The van der Waals surface area contributed by atoms with Gasteiger partial charge in [0, 0.05) is 11.6 Å². The average Bonchev–Trinajstić information content (AvgIpc) is 2.68. The molecule has 0 spiro atoms. The molecule has 2 aromatic carbocycles. The summed E-state index contributed by atoms with van der Waals surface area (Å²) in [5, 5.41) is 22.0. The standard InChI is InChI=1S/C21H18N4O2/c1-14-12-17(13-22)24-21(23-14)25-19(20(26)27)18(15-8-4-2-5-9-15)16-10-6-3-7-11-16/h2-12,18-19H,1H3,(H,26,27)(H,23,24,25). The Morgan fingerprint density at radius 3 is 2.07 bits per heavy atom. The number of anilines is 1. The molecular formula is C21H18N4O2. The molecule has 134 valence electrons. The summed E-state index contributed by atoms with van der Waals surface area (Å²) in [6, 6.07) is 21.4. The Balaban J connectivity index is 2.06. The Labute approximate surface area is 157 Å². The van der Waals surface area contributed by atoms with Gasteiger partial charge in [0.25, 0.3) is 0 Å². The molecule has 1 heterocycles. The molecule has 1 atom stereocenters. The summed E-state index contributed by atoms with van der Waals surface area (Å²) >= 11 is 0. The van der Waals surface area contributed by atoms with Gasteiger partial charge in [-0.25, -0.2) is 14.8 Å². The molecular weight excluding hydrogens is 340 g/mol. The molecule has 1 aromatic heterocycles. The van der Waals surface area contributed by atoms with E-state index in [1.165, 1.54) is 0 Å². The Morgan fingerprint density at radius 2 is 1.59 bits per heavy atom. The molecule has 6 heteroatoms. The van der Waals surface area contributed by atoms with Gasteiger partial charge in [-0.3, -0.25) is 0 Å². The summed E-state index contributed by atoms with van der Waals surface area (Å²) in [4.78, 5) is 20.5. The Hall–Kier alpha value is -3.72. The highest BCUT2D eigenvalue weighted by Gasteiger charge is 2.31. The maximum Gasteiger partial charge on any atom is 0.327 e. The van der Waals surface area contributed by atoms with Crippen molar-refractivity contribution in [3.8, 4) is 6.07 Å². The van der Waals surface area contributed by atoms with E-state index in [4.69, 9.17) is 5.26 Å². The number of nitrogens with zero attached hydrogens (tertiary/aromatic N) is 3. The monoisotopic (exact) mass is 358 g/mol. The minimum absolute atomic E-state index is 0.121. The first-order valence-corrected chi connectivity index (χ1v) is 8.43. The first kappa shape index (κ1) is 18.1. The number of carboxylic acids is 1. The molecule has 0 saturated carbocycles. The number of aryl methyl sites for hydroxylation is 1. The lowest BCUT2D eigenvalue weighted by Gasteiger charge is -2.26. The second-order valence-corrected chi connectivity index (χ2v) is 6.09. The van der Waals surface area contributed by atoms with Crippen molar-refractivity contribution in [3.05, 3.63) is 89.2 Å². The summed E-state index contributed by atoms with van der Waals surface area (Å²) in [5.41, 5.74) is 2.49. The third kappa shape index (κ3) is 4.28. The lowest BCUT2D eigenvalue weighted by molar-refractivity contribution is -0.138. The van der Waals surface area contributed by atoms with Crippen molar-refractivity contribution in [2.75, 3.05) is 5.32 Å². The molecule has 0 aliphatic heterocycles. The number of rotatable bonds is 6. The third-order valence-corrected chi connectivity index (χ3v) is 4.17. The van der Waals surface area contributed by atoms with Crippen molar-refractivity contribution in [1.29, 1.82) is 5.26 Å². The fourth-order valence-corrected chi connectivity index (χ4v) is 3.02. The number of carbonyl (C=O) groups is 1. The number of nitriles is 1. The van der Waals surface area contributed by atoms with Gasteiger partial charge >= 0.3 is 5.97 Å². The number of hydrogen-bond donors (Lipinski definition) is 2. The first-order valence-electron chi connectivity index (χ1n) is 8.43. The van der Waals surface area contributed by atoms with Crippen LogP contribution in [0.25, 0.3) is 0 Å². The van der Waals surface area contributed by atoms with E-state index < -0.39 is 17.9 Å². The van der Waals surface area contributed by atoms with Gasteiger partial charge in [0.15, 0.2) is 0 Å². The molecule has 2 N–H and O–H groups in total. The van der Waals surface area contributed by atoms with E-state index in [1.54, 1.807) is 13.0 Å². The maximum absolute atomic E-state index is 12.1. The van der Waals surface area contributed by atoms with Gasteiger partial charge in [0.2, 0.25) is 5.95 Å². The zero-order valence-electron chi connectivity index (χ0n) is 14.7. The van der Waals surface area contributed by atoms with Crippen LogP contribution in [0.4, 0.5) is 5.95 Å². The lowest BCUT2D eigenvalue weighted by atomic mass is 9.85. The number of aromatic nitrogens is 2. The van der Waals surface area contributed by atoms with Crippen LogP contribution in [0.1, 0.15) is 28.4 Å². The zero-order chi connectivity index (χ0) is 19.2. The maximum atomic E-state index is 12.1. The topological polar surface area (TPSA) is 98.9 Å². The second kappa shape index (κ2) is 8.11. The van der Waals surface area contributed by atoms with E-state index in [0.717, 1.165) is 11.1 Å². The van der Waals surface area contributed by atoms with Gasteiger partial charge in [-0.15, -0.1) is 0 Å². The minimum atomic E-state index is -1.03. The molecule has 0 saturated heterocycles. The first-order chi connectivity index (χ1) is 13.1. The Bertz CT molecular complexity index is 929. The molecule has 6 nitrogen and oxygen atoms in total. The van der Waals surface area contributed by atoms with E-state index >= 15 is 0 Å². The van der Waals surface area contributed by atoms with Crippen LogP contribution in [-0.4, -0.2) is 27.1 Å². The highest BCUT2D eigenvalue weighted by atomic mass is 16.4. The van der Waals surface area contributed by atoms with Gasteiger partial charge in [0.1, 0.15) is 17.8 Å². The molecule has 3 aromatic rings. The number of benzene rings is 2. The van der Waals surface area contributed by atoms with E-state index in [9.17, 15) is 9.90 Å². The molecule has 0 aliphatic rings. The van der Waals surface area contributed by atoms with Crippen LogP contribution in [0.3, 0.4) is 0 Å². The number of carboxylic acid groups (broad SMARTS) is 1. The van der Waals surface area contributed by atoms with Crippen LogP contribution in [0.15, 0.2) is 66.7 Å².